The molecule has 1 heterocycles. The van der Waals surface area contributed by atoms with Crippen molar-refractivity contribution >= 4 is 17.9 Å². The summed E-state index contributed by atoms with van der Waals surface area (Å²) in [5, 5.41) is 2.75. The highest BCUT2D eigenvalue weighted by atomic mass is 16.5. The normalized spacial score (nSPS) is 19.1. The second-order valence-electron chi connectivity index (χ2n) is 6.21. The number of rotatable bonds is 5. The fraction of sp³-hybridized carbons (Fsp3) is 0.474. The molecular weight excluding hydrogens is 304 g/mol. The third kappa shape index (κ3) is 4.85. The van der Waals surface area contributed by atoms with Crippen LogP contribution >= 0.6 is 0 Å². The van der Waals surface area contributed by atoms with Gasteiger partial charge in [0.2, 0.25) is 11.8 Å². The number of likely N-dealkylation sites (tertiary alicyclic amines) is 1. The average Bonchev–Trinajstić information content (AvgIpc) is 2.60. The van der Waals surface area contributed by atoms with Crippen molar-refractivity contribution in [2.24, 2.45) is 0 Å². The number of methoxy groups -OCH3 is 1. The number of nitrogens with zero attached hydrogens (tertiary/aromatic N) is 1. The van der Waals surface area contributed by atoms with Gasteiger partial charge in [0, 0.05) is 18.7 Å². The summed E-state index contributed by atoms with van der Waals surface area (Å²) >= 11 is 0. The third-order valence-electron chi connectivity index (χ3n) is 4.36. The van der Waals surface area contributed by atoms with E-state index in [4.69, 9.17) is 4.74 Å². The first kappa shape index (κ1) is 18.0. The van der Waals surface area contributed by atoms with Crippen molar-refractivity contribution < 1.29 is 14.3 Å². The predicted octanol–water partition coefficient (Wildman–Crippen LogP) is 2.61. The lowest BCUT2D eigenvalue weighted by molar-refractivity contribution is -0.138. The fourth-order valence-electron chi connectivity index (χ4n) is 2.88. The molecule has 1 aromatic rings. The highest BCUT2D eigenvalue weighted by Crippen LogP contribution is 2.17. The van der Waals surface area contributed by atoms with Crippen LogP contribution in [-0.4, -0.2) is 42.5 Å². The maximum Gasteiger partial charge on any atom is 0.245 e. The molecular formula is C19H26N2O3. The van der Waals surface area contributed by atoms with Gasteiger partial charge in [-0.2, -0.15) is 0 Å². The smallest absolute Gasteiger partial charge is 0.245 e. The molecule has 24 heavy (non-hydrogen) atoms. The van der Waals surface area contributed by atoms with Crippen molar-refractivity contribution in [3.8, 4) is 5.75 Å². The monoisotopic (exact) mass is 330 g/mol. The Bertz CT molecular complexity index is 595. The second kappa shape index (κ2) is 8.52. The SMILES string of the molecule is COc1ccc(/C=C/C(=O)NC(C)C(=O)N2CCCCC2C)cc1. The molecule has 0 saturated carbocycles. The minimum Gasteiger partial charge on any atom is -0.497 e. The molecule has 130 valence electrons. The van der Waals surface area contributed by atoms with E-state index in [2.05, 4.69) is 12.2 Å². The van der Waals surface area contributed by atoms with Gasteiger partial charge in [-0.05, 0) is 56.9 Å². The van der Waals surface area contributed by atoms with Crippen molar-refractivity contribution in [3.05, 3.63) is 35.9 Å². The van der Waals surface area contributed by atoms with Gasteiger partial charge < -0.3 is 15.0 Å². The number of carbonyl (C=O) groups is 2. The van der Waals surface area contributed by atoms with Gasteiger partial charge in [0.15, 0.2) is 0 Å². The minimum absolute atomic E-state index is 0.00611. The van der Waals surface area contributed by atoms with Crippen LogP contribution in [0.5, 0.6) is 5.75 Å². The lowest BCUT2D eigenvalue weighted by Gasteiger charge is -2.35. The molecule has 2 amide bonds. The van der Waals surface area contributed by atoms with E-state index in [0.717, 1.165) is 37.1 Å². The Morgan fingerprint density at radius 2 is 2.00 bits per heavy atom. The zero-order chi connectivity index (χ0) is 17.5. The lowest BCUT2D eigenvalue weighted by atomic mass is 10.0. The Hall–Kier alpha value is -2.30. The van der Waals surface area contributed by atoms with Gasteiger partial charge >= 0.3 is 0 Å². The van der Waals surface area contributed by atoms with Gasteiger partial charge in [0.1, 0.15) is 11.8 Å². The molecule has 1 aromatic carbocycles. The van der Waals surface area contributed by atoms with E-state index in [1.165, 1.54) is 6.08 Å². The summed E-state index contributed by atoms with van der Waals surface area (Å²) in [5.74, 6) is 0.496. The average molecular weight is 330 g/mol. The van der Waals surface area contributed by atoms with Crippen LogP contribution in [0, 0.1) is 0 Å². The van der Waals surface area contributed by atoms with E-state index in [1.54, 1.807) is 20.1 Å². The summed E-state index contributed by atoms with van der Waals surface area (Å²) in [6.07, 6.45) is 6.40. The number of benzene rings is 1. The van der Waals surface area contributed by atoms with Gasteiger partial charge in [0.25, 0.3) is 0 Å². The second-order valence-corrected chi connectivity index (χ2v) is 6.21. The summed E-state index contributed by atoms with van der Waals surface area (Å²) < 4.78 is 5.09. The van der Waals surface area contributed by atoms with Crippen molar-refractivity contribution in [2.45, 2.75) is 45.2 Å². The molecule has 0 bridgehead atoms. The van der Waals surface area contributed by atoms with Crippen LogP contribution in [0.4, 0.5) is 0 Å². The Morgan fingerprint density at radius 3 is 2.62 bits per heavy atom. The molecule has 1 aliphatic rings. The standard InChI is InChI=1S/C19H26N2O3/c1-14-6-4-5-13-21(14)19(23)15(2)20-18(22)12-9-16-7-10-17(24-3)11-8-16/h7-12,14-15H,4-6,13H2,1-3H3,(H,20,22)/b12-9+. The summed E-state index contributed by atoms with van der Waals surface area (Å²) in [5.41, 5.74) is 0.898. The quantitative estimate of drug-likeness (QED) is 0.844. The number of hydrogen-bond donors (Lipinski definition) is 1. The summed E-state index contributed by atoms with van der Waals surface area (Å²) in [6.45, 7) is 4.58. The molecule has 5 nitrogen and oxygen atoms in total. The number of amides is 2. The van der Waals surface area contributed by atoms with Crippen LogP contribution in [0.3, 0.4) is 0 Å². The first-order valence-electron chi connectivity index (χ1n) is 8.44. The van der Waals surface area contributed by atoms with Crippen molar-refractivity contribution in [3.63, 3.8) is 0 Å². The fourth-order valence-corrected chi connectivity index (χ4v) is 2.88. The van der Waals surface area contributed by atoms with Crippen LogP contribution in [0.1, 0.15) is 38.7 Å². The first-order chi connectivity index (χ1) is 11.5. The molecule has 5 heteroatoms. The molecule has 1 aliphatic heterocycles. The highest BCUT2D eigenvalue weighted by molar-refractivity contribution is 5.95. The Kier molecular flexibility index (Phi) is 6.41. The molecule has 1 saturated heterocycles. The largest absolute Gasteiger partial charge is 0.497 e. The number of carbonyl (C=O) groups excluding carboxylic acids is 2. The molecule has 2 rings (SSSR count). The first-order valence-corrected chi connectivity index (χ1v) is 8.44. The van der Waals surface area contributed by atoms with Crippen LogP contribution in [-0.2, 0) is 9.59 Å². The maximum absolute atomic E-state index is 12.5. The van der Waals surface area contributed by atoms with E-state index in [-0.39, 0.29) is 17.9 Å². The molecule has 1 fully saturated rings. The lowest BCUT2D eigenvalue weighted by Crippen LogP contribution is -2.51. The van der Waals surface area contributed by atoms with Crippen molar-refractivity contribution in [1.82, 2.24) is 10.2 Å². The zero-order valence-electron chi connectivity index (χ0n) is 14.6. The molecule has 2 unspecified atom stereocenters. The Morgan fingerprint density at radius 1 is 1.29 bits per heavy atom. The van der Waals surface area contributed by atoms with Crippen molar-refractivity contribution in [2.75, 3.05) is 13.7 Å². The Labute approximate surface area is 143 Å². The maximum atomic E-state index is 12.5. The van der Waals surface area contributed by atoms with E-state index in [1.807, 2.05) is 29.2 Å². The number of piperidine rings is 1. The predicted molar refractivity (Wildman–Crippen MR) is 94.7 cm³/mol. The van der Waals surface area contributed by atoms with Crippen LogP contribution < -0.4 is 10.1 Å². The van der Waals surface area contributed by atoms with E-state index >= 15 is 0 Å². The number of nitrogens with one attached hydrogen (secondary N) is 1. The summed E-state index contributed by atoms with van der Waals surface area (Å²) in [6, 6.07) is 7.14. The molecule has 0 spiro atoms. The molecule has 0 aliphatic carbocycles. The van der Waals surface area contributed by atoms with Crippen LogP contribution in [0.15, 0.2) is 30.3 Å². The number of ether oxygens (including phenoxy) is 1. The molecule has 2 atom stereocenters. The van der Waals surface area contributed by atoms with Gasteiger partial charge in [0.05, 0.1) is 7.11 Å². The van der Waals surface area contributed by atoms with Crippen LogP contribution in [0.25, 0.3) is 6.08 Å². The van der Waals surface area contributed by atoms with Crippen molar-refractivity contribution in [1.29, 1.82) is 0 Å². The molecule has 0 radical (unpaired) electrons. The summed E-state index contributed by atoms with van der Waals surface area (Å²) in [7, 11) is 1.61. The molecule has 0 aromatic heterocycles. The van der Waals surface area contributed by atoms with Gasteiger partial charge in [-0.25, -0.2) is 0 Å². The molecule has 1 N–H and O–H groups in total. The van der Waals surface area contributed by atoms with E-state index in [9.17, 15) is 9.59 Å². The van der Waals surface area contributed by atoms with Gasteiger partial charge in [-0.3, -0.25) is 9.59 Å². The third-order valence-corrected chi connectivity index (χ3v) is 4.36. The van der Waals surface area contributed by atoms with E-state index < -0.39 is 6.04 Å². The Balaban J connectivity index is 1.88. The van der Waals surface area contributed by atoms with Crippen LogP contribution in [0.2, 0.25) is 0 Å². The zero-order valence-corrected chi connectivity index (χ0v) is 14.6. The van der Waals surface area contributed by atoms with Gasteiger partial charge in [-0.15, -0.1) is 0 Å². The van der Waals surface area contributed by atoms with Gasteiger partial charge in [-0.1, -0.05) is 12.1 Å². The topological polar surface area (TPSA) is 58.6 Å². The summed E-state index contributed by atoms with van der Waals surface area (Å²) in [4.78, 5) is 26.4. The minimum atomic E-state index is -0.515. The highest BCUT2D eigenvalue weighted by Gasteiger charge is 2.27. The number of hydrogen-bond acceptors (Lipinski definition) is 3. The van der Waals surface area contributed by atoms with E-state index in [0.29, 0.717) is 0 Å².